The van der Waals surface area contributed by atoms with E-state index in [0.29, 0.717) is 25.9 Å². The van der Waals surface area contributed by atoms with Gasteiger partial charge in [0, 0.05) is 51.1 Å². The Morgan fingerprint density at radius 2 is 1.90 bits per heavy atom. The van der Waals surface area contributed by atoms with Gasteiger partial charge in [-0.05, 0) is 31.2 Å². The number of ether oxygens (including phenoxy) is 1. The van der Waals surface area contributed by atoms with Crippen LogP contribution in [0.4, 0.5) is 0 Å². The molecule has 0 radical (unpaired) electrons. The Labute approximate surface area is 184 Å². The Balaban J connectivity index is 1.49. The molecule has 2 heterocycles. The molecule has 1 aliphatic carbocycles. The van der Waals surface area contributed by atoms with Crippen LogP contribution in [-0.2, 0) is 19.7 Å². The van der Waals surface area contributed by atoms with Crippen molar-refractivity contribution >= 4 is 11.8 Å². The molecule has 0 aromatic heterocycles. The van der Waals surface area contributed by atoms with Crippen molar-refractivity contribution in [1.29, 1.82) is 0 Å². The number of nitrogens with one attached hydrogen (secondary N) is 1. The summed E-state index contributed by atoms with van der Waals surface area (Å²) in [4.78, 5) is 28.7. The quantitative estimate of drug-likeness (QED) is 0.687. The van der Waals surface area contributed by atoms with E-state index < -0.39 is 0 Å². The Kier molecular flexibility index (Phi) is 6.94. The van der Waals surface area contributed by atoms with Crippen LogP contribution < -0.4 is 5.32 Å². The van der Waals surface area contributed by atoms with Crippen LogP contribution in [0.25, 0.3) is 0 Å². The molecule has 4 rings (SSSR count). The van der Waals surface area contributed by atoms with Crippen molar-refractivity contribution in [3.63, 3.8) is 0 Å². The highest BCUT2D eigenvalue weighted by molar-refractivity contribution is 5.89. The fraction of sp³-hybridized carbons (Fsp3) is 0.667. The first kappa shape index (κ1) is 22.2. The molecule has 1 saturated carbocycles. The Bertz CT molecular complexity index is 767. The summed E-state index contributed by atoms with van der Waals surface area (Å²) in [6.07, 6.45) is 3.23. The first-order chi connectivity index (χ1) is 15.0. The van der Waals surface area contributed by atoms with E-state index in [4.69, 9.17) is 4.74 Å². The number of benzene rings is 1. The average molecular weight is 430 g/mol. The van der Waals surface area contributed by atoms with Gasteiger partial charge in [-0.2, -0.15) is 0 Å². The van der Waals surface area contributed by atoms with Crippen LogP contribution in [0, 0.1) is 5.92 Å². The number of aliphatic hydroxyl groups excluding tert-OH is 1. The minimum absolute atomic E-state index is 0.0314. The molecule has 1 aromatic rings. The number of aliphatic hydroxyl groups is 1. The molecule has 1 aromatic carbocycles. The van der Waals surface area contributed by atoms with E-state index in [0.717, 1.165) is 45.6 Å². The van der Waals surface area contributed by atoms with Gasteiger partial charge in [-0.15, -0.1) is 0 Å². The summed E-state index contributed by atoms with van der Waals surface area (Å²) in [5.74, 6) is -0.283. The van der Waals surface area contributed by atoms with E-state index in [1.54, 1.807) is 11.9 Å². The van der Waals surface area contributed by atoms with E-state index in [1.165, 1.54) is 5.56 Å². The van der Waals surface area contributed by atoms with Gasteiger partial charge in [0.2, 0.25) is 11.8 Å². The molecular formula is C24H35N3O4. The lowest BCUT2D eigenvalue weighted by molar-refractivity contribution is -0.128. The van der Waals surface area contributed by atoms with Crippen LogP contribution >= 0.6 is 0 Å². The maximum Gasteiger partial charge on any atom is 0.225 e. The number of rotatable bonds is 5. The van der Waals surface area contributed by atoms with Crippen molar-refractivity contribution in [3.05, 3.63) is 35.9 Å². The van der Waals surface area contributed by atoms with E-state index >= 15 is 0 Å². The van der Waals surface area contributed by atoms with Gasteiger partial charge in [0.05, 0.1) is 25.2 Å². The predicted octanol–water partition coefficient (Wildman–Crippen LogP) is 1.15. The predicted molar refractivity (Wildman–Crippen MR) is 118 cm³/mol. The lowest BCUT2D eigenvalue weighted by Gasteiger charge is -2.37. The Morgan fingerprint density at radius 1 is 1.19 bits per heavy atom. The normalized spacial score (nSPS) is 32.6. The lowest BCUT2D eigenvalue weighted by Crippen LogP contribution is -2.48. The first-order valence-corrected chi connectivity index (χ1v) is 11.6. The van der Waals surface area contributed by atoms with Crippen molar-refractivity contribution < 1.29 is 19.4 Å². The van der Waals surface area contributed by atoms with Crippen LogP contribution in [0.1, 0.15) is 37.7 Å². The third kappa shape index (κ3) is 4.94. The molecule has 170 valence electrons. The van der Waals surface area contributed by atoms with E-state index in [9.17, 15) is 14.7 Å². The smallest absolute Gasteiger partial charge is 0.225 e. The fourth-order valence-corrected chi connectivity index (χ4v) is 5.49. The minimum atomic E-state index is -0.375. The van der Waals surface area contributed by atoms with Crippen molar-refractivity contribution in [2.45, 2.75) is 49.7 Å². The van der Waals surface area contributed by atoms with Gasteiger partial charge in [0.25, 0.3) is 0 Å². The summed E-state index contributed by atoms with van der Waals surface area (Å²) in [5.41, 5.74) is 0.998. The zero-order chi connectivity index (χ0) is 21.8. The SMILES string of the molecule is CN1C[C@@H](C(=O)NC[C@]2(c3ccccc3)CC[C@@H](O)[C@H](N3CCOCC3)CC2)CC1=O. The zero-order valence-electron chi connectivity index (χ0n) is 18.5. The Morgan fingerprint density at radius 3 is 2.58 bits per heavy atom. The highest BCUT2D eigenvalue weighted by atomic mass is 16.5. The number of hydrogen-bond donors (Lipinski definition) is 2. The molecule has 2 aliphatic heterocycles. The molecule has 0 bridgehead atoms. The fourth-order valence-electron chi connectivity index (χ4n) is 5.49. The van der Waals surface area contributed by atoms with Crippen LogP contribution in [0.5, 0.6) is 0 Å². The summed E-state index contributed by atoms with van der Waals surface area (Å²) in [5, 5.41) is 14.2. The zero-order valence-corrected chi connectivity index (χ0v) is 18.5. The highest BCUT2D eigenvalue weighted by Gasteiger charge is 2.41. The molecule has 2 amide bonds. The standard InChI is InChI=1S/C24H35N3O4/c1-26-16-18(15-22(26)29)23(30)25-17-24(19-5-3-2-4-6-19)9-7-20(21(28)8-10-24)27-11-13-31-14-12-27/h2-6,18,20-21,28H,7-17H2,1H3,(H,25,30)/t18-,20+,21+,24+/m0/s1. The van der Waals surface area contributed by atoms with Gasteiger partial charge in [0.15, 0.2) is 0 Å². The van der Waals surface area contributed by atoms with E-state index in [1.807, 2.05) is 18.2 Å². The van der Waals surface area contributed by atoms with Crippen molar-refractivity contribution in [3.8, 4) is 0 Å². The number of carbonyl (C=O) groups is 2. The van der Waals surface area contributed by atoms with Crippen LogP contribution in [0.3, 0.4) is 0 Å². The summed E-state index contributed by atoms with van der Waals surface area (Å²) < 4.78 is 5.50. The maximum atomic E-state index is 12.9. The van der Waals surface area contributed by atoms with Crippen molar-refractivity contribution in [2.75, 3.05) is 46.4 Å². The number of nitrogens with zero attached hydrogens (tertiary/aromatic N) is 2. The second kappa shape index (κ2) is 9.67. The van der Waals surface area contributed by atoms with E-state index in [-0.39, 0.29) is 35.3 Å². The molecule has 4 atom stereocenters. The third-order valence-corrected chi connectivity index (χ3v) is 7.50. The number of amides is 2. The molecule has 7 nitrogen and oxygen atoms in total. The molecule has 31 heavy (non-hydrogen) atoms. The topological polar surface area (TPSA) is 82.1 Å². The van der Waals surface area contributed by atoms with Crippen molar-refractivity contribution in [2.24, 2.45) is 5.92 Å². The van der Waals surface area contributed by atoms with Crippen molar-refractivity contribution in [1.82, 2.24) is 15.1 Å². The molecule has 0 unspecified atom stereocenters. The van der Waals surface area contributed by atoms with Gasteiger partial charge in [0.1, 0.15) is 0 Å². The largest absolute Gasteiger partial charge is 0.391 e. The van der Waals surface area contributed by atoms with Gasteiger partial charge in [-0.3, -0.25) is 14.5 Å². The second-order valence-corrected chi connectivity index (χ2v) is 9.40. The second-order valence-electron chi connectivity index (χ2n) is 9.40. The van der Waals surface area contributed by atoms with E-state index in [2.05, 4.69) is 22.3 Å². The summed E-state index contributed by atoms with van der Waals surface area (Å²) in [6, 6.07) is 10.5. The summed E-state index contributed by atoms with van der Waals surface area (Å²) >= 11 is 0. The van der Waals surface area contributed by atoms with Crippen LogP contribution in [-0.4, -0.2) is 85.3 Å². The third-order valence-electron chi connectivity index (χ3n) is 7.50. The number of carbonyl (C=O) groups excluding carboxylic acids is 2. The van der Waals surface area contributed by atoms with Crippen LogP contribution in [0.15, 0.2) is 30.3 Å². The molecular weight excluding hydrogens is 394 g/mol. The van der Waals surface area contributed by atoms with Gasteiger partial charge in [-0.1, -0.05) is 30.3 Å². The highest BCUT2D eigenvalue weighted by Crippen LogP contribution is 2.39. The monoisotopic (exact) mass is 429 g/mol. The molecule has 3 aliphatic rings. The minimum Gasteiger partial charge on any atom is -0.391 e. The van der Waals surface area contributed by atoms with Gasteiger partial charge >= 0.3 is 0 Å². The molecule has 2 saturated heterocycles. The van der Waals surface area contributed by atoms with Crippen LogP contribution in [0.2, 0.25) is 0 Å². The molecule has 3 fully saturated rings. The summed E-state index contributed by atoms with van der Waals surface area (Å²) in [6.45, 7) is 4.18. The van der Waals surface area contributed by atoms with Gasteiger partial charge in [-0.25, -0.2) is 0 Å². The average Bonchev–Trinajstić information content (AvgIpc) is 3.04. The Hall–Kier alpha value is -1.96. The molecule has 0 spiro atoms. The summed E-state index contributed by atoms with van der Waals surface area (Å²) in [7, 11) is 1.75. The number of likely N-dealkylation sites (tertiary alicyclic amines) is 1. The molecule has 7 heteroatoms. The lowest BCUT2D eigenvalue weighted by atomic mass is 9.74. The van der Waals surface area contributed by atoms with Gasteiger partial charge < -0.3 is 20.1 Å². The maximum absolute atomic E-state index is 12.9. The molecule has 2 N–H and O–H groups in total. The number of morpholine rings is 1. The first-order valence-electron chi connectivity index (χ1n) is 11.6. The number of hydrogen-bond acceptors (Lipinski definition) is 5.